The molecule has 160 valence electrons. The molecule has 0 bridgehead atoms. The van der Waals surface area contributed by atoms with E-state index >= 15 is 0 Å². The van der Waals surface area contributed by atoms with Crippen molar-refractivity contribution in [3.05, 3.63) is 145 Å². The van der Waals surface area contributed by atoms with Crippen molar-refractivity contribution in [2.75, 3.05) is 0 Å². The molecule has 5 aromatic rings. The van der Waals surface area contributed by atoms with Gasteiger partial charge in [0.2, 0.25) is 0 Å². The van der Waals surface area contributed by atoms with Crippen LogP contribution < -0.4 is 20.7 Å². The molecule has 0 saturated heterocycles. The Labute approximate surface area is 195 Å². The summed E-state index contributed by atoms with van der Waals surface area (Å²) >= 11 is 0. The lowest BCUT2D eigenvalue weighted by molar-refractivity contribution is 0.475. The predicted octanol–water partition coefficient (Wildman–Crippen LogP) is 6.37. The van der Waals surface area contributed by atoms with E-state index in [2.05, 4.69) is 91.0 Å². The molecule has 0 atom stereocenters. The number of para-hydroxylation sites is 1. The first-order valence-corrected chi connectivity index (χ1v) is 13.1. The highest BCUT2D eigenvalue weighted by molar-refractivity contribution is 7.95. The summed E-state index contributed by atoms with van der Waals surface area (Å²) < 4.78 is 6.32. The van der Waals surface area contributed by atoms with Gasteiger partial charge < -0.3 is 4.74 Å². The monoisotopic (exact) mass is 446 g/mol. The van der Waals surface area contributed by atoms with Crippen LogP contribution in [0.1, 0.15) is 5.69 Å². The van der Waals surface area contributed by atoms with Crippen LogP contribution >= 0.6 is 7.26 Å². The number of hydrogen-bond donors (Lipinski definition) is 0. The van der Waals surface area contributed by atoms with Crippen molar-refractivity contribution in [2.24, 2.45) is 0 Å². The molecule has 0 amide bonds. The molecule has 0 spiro atoms. The highest BCUT2D eigenvalue weighted by Gasteiger charge is 2.46. The number of aromatic nitrogens is 1. The summed E-state index contributed by atoms with van der Waals surface area (Å²) in [6, 6.07) is 46.5. The maximum atomic E-state index is 6.32. The van der Waals surface area contributed by atoms with Crippen LogP contribution in [0, 0.1) is 0 Å². The average Bonchev–Trinajstić information content (AvgIpc) is 2.90. The molecule has 1 aromatic heterocycles. The Morgan fingerprint density at radius 3 is 1.45 bits per heavy atom. The fraction of sp³-hybridized carbons (Fsp3) is 0.0333. The van der Waals surface area contributed by atoms with E-state index in [0.717, 1.165) is 23.4 Å². The summed E-state index contributed by atoms with van der Waals surface area (Å²) in [4.78, 5) is 4.84. The van der Waals surface area contributed by atoms with Crippen molar-refractivity contribution in [3.63, 3.8) is 0 Å². The van der Waals surface area contributed by atoms with Gasteiger partial charge in [0, 0.05) is 6.20 Å². The molecule has 0 aliphatic carbocycles. The molecule has 0 unspecified atom stereocenters. The number of pyridine rings is 1. The van der Waals surface area contributed by atoms with E-state index in [1.165, 1.54) is 15.9 Å². The van der Waals surface area contributed by atoms with E-state index in [0.29, 0.717) is 0 Å². The van der Waals surface area contributed by atoms with Crippen LogP contribution in [0.4, 0.5) is 0 Å². The predicted molar refractivity (Wildman–Crippen MR) is 140 cm³/mol. The third-order valence-corrected chi connectivity index (χ3v) is 10.1. The smallest absolute Gasteiger partial charge is 0.152 e. The topological polar surface area (TPSA) is 22.1 Å². The van der Waals surface area contributed by atoms with Crippen LogP contribution in [0.15, 0.2) is 140 Å². The minimum atomic E-state index is -2.05. The normalized spacial score (nSPS) is 11.2. The molecule has 33 heavy (non-hydrogen) atoms. The summed E-state index contributed by atoms with van der Waals surface area (Å²) in [5.41, 5.74) is 0.964. The minimum absolute atomic E-state index is 0.772. The molecule has 4 aromatic carbocycles. The van der Waals surface area contributed by atoms with Gasteiger partial charge in [-0.3, -0.25) is 4.98 Å². The summed E-state index contributed by atoms with van der Waals surface area (Å²) in [6.45, 7) is 0. The van der Waals surface area contributed by atoms with E-state index in [9.17, 15) is 0 Å². The van der Waals surface area contributed by atoms with Crippen molar-refractivity contribution in [2.45, 2.75) is 6.16 Å². The largest absolute Gasteiger partial charge is 0.455 e. The molecule has 0 aliphatic rings. The lowest BCUT2D eigenvalue weighted by Gasteiger charge is -2.28. The zero-order valence-electron chi connectivity index (χ0n) is 18.3. The summed E-state index contributed by atoms with van der Waals surface area (Å²) in [5, 5.41) is 4.00. The Morgan fingerprint density at radius 2 is 0.970 bits per heavy atom. The van der Waals surface area contributed by atoms with Gasteiger partial charge >= 0.3 is 0 Å². The molecule has 5 rings (SSSR count). The standard InChI is InChI=1S/C30H25NOP/c1-5-14-25(15-6-1)32-30-22-13-23-31-29(30)24-33(26-16-7-2-8-17-26,27-18-9-3-10-19-27)28-20-11-4-12-21-28/h1-23H,24H2/q+1. The number of ether oxygens (including phenoxy) is 1. The Balaban J connectivity index is 1.70. The van der Waals surface area contributed by atoms with Crippen LogP contribution in [-0.4, -0.2) is 4.98 Å². The summed E-state index contributed by atoms with van der Waals surface area (Å²) in [6.07, 6.45) is 2.64. The highest BCUT2D eigenvalue weighted by Crippen LogP contribution is 2.58. The number of benzene rings is 4. The van der Waals surface area contributed by atoms with Gasteiger partial charge in [0.25, 0.3) is 0 Å². The zero-order valence-corrected chi connectivity index (χ0v) is 19.2. The van der Waals surface area contributed by atoms with Crippen LogP contribution in [0.2, 0.25) is 0 Å². The second-order valence-corrected chi connectivity index (χ2v) is 11.3. The van der Waals surface area contributed by atoms with Crippen molar-refractivity contribution in [1.29, 1.82) is 0 Å². The molecule has 0 N–H and O–H groups in total. The van der Waals surface area contributed by atoms with Gasteiger partial charge in [0.15, 0.2) is 5.75 Å². The molecule has 0 aliphatic heterocycles. The van der Waals surface area contributed by atoms with E-state index < -0.39 is 7.26 Å². The Morgan fingerprint density at radius 1 is 0.515 bits per heavy atom. The zero-order chi connectivity index (χ0) is 22.3. The fourth-order valence-corrected chi connectivity index (χ4v) is 8.42. The van der Waals surface area contributed by atoms with E-state index in [1.54, 1.807) is 0 Å². The van der Waals surface area contributed by atoms with Gasteiger partial charge in [-0.2, -0.15) is 0 Å². The van der Waals surface area contributed by atoms with E-state index in [-0.39, 0.29) is 0 Å². The SMILES string of the molecule is c1ccc(Oc2cccnc2C[P+](c2ccccc2)(c2ccccc2)c2ccccc2)cc1. The van der Waals surface area contributed by atoms with Crippen LogP contribution in [0.25, 0.3) is 0 Å². The van der Waals surface area contributed by atoms with E-state index in [1.807, 2.05) is 48.7 Å². The van der Waals surface area contributed by atoms with Crippen molar-refractivity contribution < 1.29 is 4.74 Å². The van der Waals surface area contributed by atoms with Crippen molar-refractivity contribution >= 4 is 23.2 Å². The molecule has 0 fully saturated rings. The molecule has 0 saturated carbocycles. The van der Waals surface area contributed by atoms with Gasteiger partial charge in [0.1, 0.15) is 40.8 Å². The van der Waals surface area contributed by atoms with Crippen molar-refractivity contribution in [3.8, 4) is 11.5 Å². The van der Waals surface area contributed by atoms with Gasteiger partial charge in [-0.15, -0.1) is 0 Å². The molecular weight excluding hydrogens is 421 g/mol. The first-order chi connectivity index (χ1) is 16.4. The minimum Gasteiger partial charge on any atom is -0.455 e. The van der Waals surface area contributed by atoms with Gasteiger partial charge in [0.05, 0.1) is 0 Å². The van der Waals surface area contributed by atoms with Gasteiger partial charge in [-0.25, -0.2) is 0 Å². The second-order valence-electron chi connectivity index (χ2n) is 7.84. The molecule has 0 radical (unpaired) electrons. The number of nitrogens with zero attached hydrogens (tertiary/aromatic N) is 1. The Kier molecular flexibility index (Phi) is 6.28. The highest BCUT2D eigenvalue weighted by atomic mass is 31.2. The maximum absolute atomic E-state index is 6.32. The van der Waals surface area contributed by atoms with Gasteiger partial charge in [-0.05, 0) is 60.7 Å². The third-order valence-electron chi connectivity index (χ3n) is 5.80. The van der Waals surface area contributed by atoms with Crippen LogP contribution in [0.5, 0.6) is 11.5 Å². The van der Waals surface area contributed by atoms with Crippen LogP contribution in [0.3, 0.4) is 0 Å². The fourth-order valence-electron chi connectivity index (χ4n) is 4.24. The molecule has 1 heterocycles. The first-order valence-electron chi connectivity index (χ1n) is 11.1. The first kappa shape index (κ1) is 21.1. The molecular formula is C30H25NOP+. The third kappa shape index (κ3) is 4.44. The number of rotatable bonds is 7. The quantitative estimate of drug-likeness (QED) is 0.271. The number of hydrogen-bond acceptors (Lipinski definition) is 2. The van der Waals surface area contributed by atoms with Gasteiger partial charge in [-0.1, -0.05) is 72.8 Å². The Bertz CT molecular complexity index is 1200. The van der Waals surface area contributed by atoms with Crippen molar-refractivity contribution in [1.82, 2.24) is 4.98 Å². The lowest BCUT2D eigenvalue weighted by atomic mass is 10.3. The molecule has 3 heteroatoms. The molecule has 2 nitrogen and oxygen atoms in total. The maximum Gasteiger partial charge on any atom is 0.152 e. The van der Waals surface area contributed by atoms with E-state index in [4.69, 9.17) is 9.72 Å². The second kappa shape index (κ2) is 9.81. The Hall–Kier alpha value is -3.74. The summed E-state index contributed by atoms with van der Waals surface area (Å²) in [7, 11) is -2.05. The van der Waals surface area contributed by atoms with Crippen LogP contribution in [-0.2, 0) is 6.16 Å². The lowest BCUT2D eigenvalue weighted by Crippen LogP contribution is -2.32. The average molecular weight is 447 g/mol. The summed E-state index contributed by atoms with van der Waals surface area (Å²) in [5.74, 6) is 1.62.